The lowest BCUT2D eigenvalue weighted by molar-refractivity contribution is -0.0695. The second-order valence-electron chi connectivity index (χ2n) is 12.3. The Labute approximate surface area is 188 Å². The number of nitrogens with zero attached hydrogens (tertiary/aromatic N) is 3. The monoisotopic (exact) mass is 423 g/mol. The van der Waals surface area contributed by atoms with E-state index in [0.29, 0.717) is 16.9 Å². The summed E-state index contributed by atoms with van der Waals surface area (Å²) in [4.78, 5) is 0. The second kappa shape index (κ2) is 7.91. The molecule has 31 heavy (non-hydrogen) atoms. The summed E-state index contributed by atoms with van der Waals surface area (Å²) in [5.41, 5.74) is 0.707. The zero-order chi connectivity index (χ0) is 21.8. The van der Waals surface area contributed by atoms with Gasteiger partial charge in [-0.05, 0) is 112 Å². The molecule has 4 fully saturated rings. The predicted octanol–water partition coefficient (Wildman–Crippen LogP) is 5.80. The Morgan fingerprint density at radius 1 is 1.13 bits per heavy atom. The van der Waals surface area contributed by atoms with Crippen LogP contribution in [0.25, 0.3) is 0 Å². The molecule has 1 aromatic rings. The number of hydrogen-bond donors (Lipinski definition) is 1. The first kappa shape index (κ1) is 21.5. The number of aliphatic hydroxyl groups is 1. The van der Waals surface area contributed by atoms with Crippen molar-refractivity contribution in [2.75, 3.05) is 0 Å². The highest BCUT2D eigenvalue weighted by Crippen LogP contribution is 2.65. The molecule has 0 amide bonds. The molecule has 0 aliphatic heterocycles. The Kier molecular flexibility index (Phi) is 5.48. The average molecular weight is 424 g/mol. The summed E-state index contributed by atoms with van der Waals surface area (Å²) in [6.07, 6.45) is 16.5. The zero-order valence-electron chi connectivity index (χ0n) is 19.8. The van der Waals surface area contributed by atoms with E-state index in [1.807, 2.05) is 10.9 Å². The Morgan fingerprint density at radius 3 is 2.74 bits per heavy atom. The summed E-state index contributed by atoms with van der Waals surface area (Å²) < 4.78 is 1.99. The van der Waals surface area contributed by atoms with Crippen LogP contribution >= 0.6 is 0 Å². The van der Waals surface area contributed by atoms with Gasteiger partial charge in [0.15, 0.2) is 0 Å². The van der Waals surface area contributed by atoms with Crippen LogP contribution in [0.5, 0.6) is 0 Å². The summed E-state index contributed by atoms with van der Waals surface area (Å²) in [6.45, 7) is 8.06. The van der Waals surface area contributed by atoms with Crippen LogP contribution in [0, 0.1) is 58.2 Å². The van der Waals surface area contributed by atoms with E-state index in [2.05, 4.69) is 31.9 Å². The molecule has 4 nitrogen and oxygen atoms in total. The maximum Gasteiger partial charge on any atom is 0.102 e. The normalized spacial score (nSPS) is 45.6. The van der Waals surface area contributed by atoms with Crippen molar-refractivity contribution in [1.82, 2.24) is 9.78 Å². The molecule has 9 atom stereocenters. The standard InChI is InChI=1S/C27H41N3O/c1-18(16-30-17-19(14-28)15-29-30)24-8-9-25-23-7-6-20-13-26(2,31)11-4-5-21(20)22(23)10-12-27(24,25)3/h15,17-18,20-25,31H,4-13,16H2,1-3H3/t18-,20-,21+,22-,23-,24-,25+,26-,27-/m1/s1. The molecular weight excluding hydrogens is 382 g/mol. The minimum Gasteiger partial charge on any atom is -0.390 e. The van der Waals surface area contributed by atoms with E-state index < -0.39 is 5.60 Å². The molecule has 1 aromatic heterocycles. The molecular formula is C27H41N3O. The van der Waals surface area contributed by atoms with Crippen LogP contribution in [0.3, 0.4) is 0 Å². The lowest BCUT2D eigenvalue weighted by Crippen LogP contribution is -2.48. The molecule has 170 valence electrons. The van der Waals surface area contributed by atoms with Crippen molar-refractivity contribution >= 4 is 0 Å². The second-order valence-corrected chi connectivity index (χ2v) is 12.3. The van der Waals surface area contributed by atoms with Crippen molar-refractivity contribution in [3.63, 3.8) is 0 Å². The van der Waals surface area contributed by atoms with Crippen LogP contribution in [0.2, 0.25) is 0 Å². The molecule has 0 spiro atoms. The Hall–Kier alpha value is -1.34. The summed E-state index contributed by atoms with van der Waals surface area (Å²) >= 11 is 0. The smallest absolute Gasteiger partial charge is 0.102 e. The third kappa shape index (κ3) is 3.75. The number of aromatic nitrogens is 2. The van der Waals surface area contributed by atoms with E-state index in [4.69, 9.17) is 5.26 Å². The molecule has 4 aliphatic rings. The number of nitriles is 1. The molecule has 4 aliphatic carbocycles. The minimum absolute atomic E-state index is 0.429. The van der Waals surface area contributed by atoms with Crippen molar-refractivity contribution in [2.24, 2.45) is 46.8 Å². The van der Waals surface area contributed by atoms with Gasteiger partial charge in [-0.3, -0.25) is 4.68 Å². The highest BCUT2D eigenvalue weighted by atomic mass is 16.3. The first-order valence-corrected chi connectivity index (χ1v) is 13.0. The SMILES string of the molecule is C[C@H](Cn1cc(C#N)cn1)[C@H]1CC[C@H]2[C@@H]3CC[C@@H]4C[C@](C)(O)CCC[C@@H]4[C@H]3CC[C@]12C. The van der Waals surface area contributed by atoms with Crippen molar-refractivity contribution in [2.45, 2.75) is 97.1 Å². The van der Waals surface area contributed by atoms with Gasteiger partial charge in [-0.15, -0.1) is 0 Å². The van der Waals surface area contributed by atoms with Crippen LogP contribution < -0.4 is 0 Å². The van der Waals surface area contributed by atoms with Crippen molar-refractivity contribution in [3.8, 4) is 6.07 Å². The number of fused-ring (bicyclic) bond motifs is 5. The van der Waals surface area contributed by atoms with Crippen LogP contribution in [0.1, 0.15) is 90.5 Å². The highest BCUT2D eigenvalue weighted by Gasteiger charge is 2.57. The molecule has 0 bridgehead atoms. The van der Waals surface area contributed by atoms with Gasteiger partial charge in [-0.2, -0.15) is 10.4 Å². The van der Waals surface area contributed by atoms with E-state index >= 15 is 0 Å². The van der Waals surface area contributed by atoms with Gasteiger partial charge in [0.1, 0.15) is 6.07 Å². The van der Waals surface area contributed by atoms with Crippen LogP contribution in [0.4, 0.5) is 0 Å². The molecule has 0 saturated heterocycles. The molecule has 0 unspecified atom stereocenters. The number of rotatable bonds is 3. The Morgan fingerprint density at radius 2 is 1.97 bits per heavy atom. The van der Waals surface area contributed by atoms with Crippen molar-refractivity contribution in [3.05, 3.63) is 18.0 Å². The van der Waals surface area contributed by atoms with Gasteiger partial charge < -0.3 is 5.11 Å². The van der Waals surface area contributed by atoms with Crippen LogP contribution in [-0.2, 0) is 6.54 Å². The third-order valence-electron chi connectivity index (χ3n) is 10.5. The quantitative estimate of drug-likeness (QED) is 0.668. The fourth-order valence-electron chi connectivity index (χ4n) is 9.24. The molecule has 1 heterocycles. The molecule has 4 saturated carbocycles. The zero-order valence-corrected chi connectivity index (χ0v) is 19.8. The number of hydrogen-bond acceptors (Lipinski definition) is 3. The minimum atomic E-state index is -0.429. The third-order valence-corrected chi connectivity index (χ3v) is 10.5. The summed E-state index contributed by atoms with van der Waals surface area (Å²) in [5, 5.41) is 24.3. The van der Waals surface area contributed by atoms with Crippen molar-refractivity contribution in [1.29, 1.82) is 5.26 Å². The maximum absolute atomic E-state index is 10.8. The largest absolute Gasteiger partial charge is 0.390 e. The Balaban J connectivity index is 1.31. The molecule has 0 radical (unpaired) electrons. The maximum atomic E-state index is 10.8. The van der Waals surface area contributed by atoms with E-state index in [-0.39, 0.29) is 0 Å². The molecule has 4 heteroatoms. The fraction of sp³-hybridized carbons (Fsp3) is 0.852. The lowest BCUT2D eigenvalue weighted by Gasteiger charge is -2.55. The predicted molar refractivity (Wildman–Crippen MR) is 122 cm³/mol. The molecule has 0 aromatic carbocycles. The lowest BCUT2D eigenvalue weighted by atomic mass is 9.50. The van der Waals surface area contributed by atoms with Gasteiger partial charge >= 0.3 is 0 Å². The first-order chi connectivity index (χ1) is 14.8. The van der Waals surface area contributed by atoms with Gasteiger partial charge in [0.2, 0.25) is 0 Å². The Bertz CT molecular complexity index is 838. The van der Waals surface area contributed by atoms with Gasteiger partial charge in [-0.25, -0.2) is 0 Å². The van der Waals surface area contributed by atoms with Gasteiger partial charge in [0.25, 0.3) is 0 Å². The average Bonchev–Trinajstić information content (AvgIpc) is 3.28. The topological polar surface area (TPSA) is 61.8 Å². The molecule has 5 rings (SSSR count). The van der Waals surface area contributed by atoms with Crippen molar-refractivity contribution < 1.29 is 5.11 Å². The van der Waals surface area contributed by atoms with Crippen LogP contribution in [0.15, 0.2) is 12.4 Å². The summed E-state index contributed by atoms with van der Waals surface area (Å²) in [6, 6.07) is 2.21. The van der Waals surface area contributed by atoms with Gasteiger partial charge in [0, 0.05) is 12.7 Å². The fourth-order valence-corrected chi connectivity index (χ4v) is 9.24. The van der Waals surface area contributed by atoms with E-state index in [1.54, 1.807) is 6.20 Å². The molecule has 1 N–H and O–H groups in total. The first-order valence-electron chi connectivity index (χ1n) is 13.0. The van der Waals surface area contributed by atoms with E-state index in [9.17, 15) is 5.11 Å². The van der Waals surface area contributed by atoms with E-state index in [0.717, 1.165) is 54.9 Å². The van der Waals surface area contributed by atoms with E-state index in [1.165, 1.54) is 51.4 Å². The summed E-state index contributed by atoms with van der Waals surface area (Å²) in [5.74, 6) is 5.69. The van der Waals surface area contributed by atoms with Gasteiger partial charge in [-0.1, -0.05) is 20.3 Å². The summed E-state index contributed by atoms with van der Waals surface area (Å²) in [7, 11) is 0. The van der Waals surface area contributed by atoms with Crippen LogP contribution in [-0.4, -0.2) is 20.5 Å². The highest BCUT2D eigenvalue weighted by molar-refractivity contribution is 5.21. The van der Waals surface area contributed by atoms with Gasteiger partial charge in [0.05, 0.1) is 17.4 Å².